The van der Waals surface area contributed by atoms with E-state index in [-0.39, 0.29) is 11.8 Å². The van der Waals surface area contributed by atoms with Gasteiger partial charge < -0.3 is 15.1 Å². The standard InChI is InChI=1S/C13H25N3O2/c1-14-11-6-5-9-16(10-11)13(18)8-4-7-12(17)15(2)3/h11,14H,4-10H2,1-3H3. The zero-order valence-corrected chi connectivity index (χ0v) is 11.7. The number of nitrogens with one attached hydrogen (secondary N) is 1. The monoisotopic (exact) mass is 255 g/mol. The van der Waals surface area contributed by atoms with Gasteiger partial charge in [0.15, 0.2) is 0 Å². The van der Waals surface area contributed by atoms with Crippen LogP contribution in [-0.4, -0.2) is 61.9 Å². The molecule has 5 nitrogen and oxygen atoms in total. The topological polar surface area (TPSA) is 52.7 Å². The van der Waals surface area contributed by atoms with Gasteiger partial charge in [0.2, 0.25) is 11.8 Å². The van der Waals surface area contributed by atoms with Crippen LogP contribution in [0.3, 0.4) is 0 Å². The number of amides is 2. The third-order valence-corrected chi connectivity index (χ3v) is 3.46. The molecular weight excluding hydrogens is 230 g/mol. The van der Waals surface area contributed by atoms with Gasteiger partial charge in [0.05, 0.1) is 0 Å². The van der Waals surface area contributed by atoms with Gasteiger partial charge in [-0.3, -0.25) is 9.59 Å². The first kappa shape index (κ1) is 15.0. The number of nitrogens with zero attached hydrogens (tertiary/aromatic N) is 2. The van der Waals surface area contributed by atoms with Gasteiger partial charge in [-0.1, -0.05) is 0 Å². The molecule has 5 heteroatoms. The number of carbonyl (C=O) groups is 2. The van der Waals surface area contributed by atoms with E-state index < -0.39 is 0 Å². The van der Waals surface area contributed by atoms with E-state index in [1.165, 1.54) is 0 Å². The first-order valence-corrected chi connectivity index (χ1v) is 6.69. The van der Waals surface area contributed by atoms with Crippen LogP contribution >= 0.6 is 0 Å². The van der Waals surface area contributed by atoms with Crippen molar-refractivity contribution < 1.29 is 9.59 Å². The predicted octanol–water partition coefficient (Wildman–Crippen LogP) is 0.455. The molecule has 0 saturated carbocycles. The highest BCUT2D eigenvalue weighted by Gasteiger charge is 2.22. The Bertz CT molecular complexity index is 292. The van der Waals surface area contributed by atoms with Crippen molar-refractivity contribution in [1.29, 1.82) is 0 Å². The van der Waals surface area contributed by atoms with Crippen molar-refractivity contribution in [3.63, 3.8) is 0 Å². The zero-order valence-electron chi connectivity index (χ0n) is 11.7. The third-order valence-electron chi connectivity index (χ3n) is 3.46. The number of likely N-dealkylation sites (tertiary alicyclic amines) is 1. The zero-order chi connectivity index (χ0) is 13.5. The molecule has 0 spiro atoms. The summed E-state index contributed by atoms with van der Waals surface area (Å²) in [4.78, 5) is 26.9. The molecule has 0 bridgehead atoms. The molecule has 0 radical (unpaired) electrons. The van der Waals surface area contributed by atoms with E-state index in [0.717, 1.165) is 25.9 Å². The highest BCUT2D eigenvalue weighted by Crippen LogP contribution is 2.12. The first-order valence-electron chi connectivity index (χ1n) is 6.69. The van der Waals surface area contributed by atoms with Crippen molar-refractivity contribution >= 4 is 11.8 Å². The molecule has 1 aliphatic heterocycles. The minimum Gasteiger partial charge on any atom is -0.349 e. The van der Waals surface area contributed by atoms with E-state index in [9.17, 15) is 9.59 Å². The molecule has 1 aliphatic rings. The van der Waals surface area contributed by atoms with Gasteiger partial charge in [-0.15, -0.1) is 0 Å². The highest BCUT2D eigenvalue weighted by atomic mass is 16.2. The fourth-order valence-corrected chi connectivity index (χ4v) is 2.21. The molecule has 0 aromatic rings. The molecule has 1 atom stereocenters. The molecule has 1 unspecified atom stereocenters. The van der Waals surface area contributed by atoms with E-state index in [2.05, 4.69) is 5.32 Å². The van der Waals surface area contributed by atoms with Crippen LogP contribution in [0.2, 0.25) is 0 Å². The van der Waals surface area contributed by atoms with Crippen molar-refractivity contribution in [1.82, 2.24) is 15.1 Å². The molecule has 104 valence electrons. The van der Waals surface area contributed by atoms with E-state index >= 15 is 0 Å². The van der Waals surface area contributed by atoms with E-state index in [0.29, 0.717) is 25.3 Å². The maximum atomic E-state index is 12.0. The lowest BCUT2D eigenvalue weighted by Gasteiger charge is -2.32. The first-order chi connectivity index (χ1) is 8.54. The Morgan fingerprint density at radius 2 is 2.06 bits per heavy atom. The van der Waals surface area contributed by atoms with E-state index in [1.807, 2.05) is 11.9 Å². The van der Waals surface area contributed by atoms with Crippen molar-refractivity contribution in [2.75, 3.05) is 34.2 Å². The lowest BCUT2D eigenvalue weighted by molar-refractivity contribution is -0.133. The summed E-state index contributed by atoms with van der Waals surface area (Å²) in [6.07, 6.45) is 3.79. The summed E-state index contributed by atoms with van der Waals surface area (Å²) >= 11 is 0. The largest absolute Gasteiger partial charge is 0.349 e. The number of carbonyl (C=O) groups excluding carboxylic acids is 2. The van der Waals surface area contributed by atoms with Crippen LogP contribution in [0.15, 0.2) is 0 Å². The predicted molar refractivity (Wildman–Crippen MR) is 71.2 cm³/mol. The van der Waals surface area contributed by atoms with Gasteiger partial charge in [0.1, 0.15) is 0 Å². The number of hydrogen-bond acceptors (Lipinski definition) is 3. The van der Waals surface area contributed by atoms with E-state index in [1.54, 1.807) is 19.0 Å². The molecule has 1 rings (SSSR count). The lowest BCUT2D eigenvalue weighted by atomic mass is 10.1. The van der Waals surface area contributed by atoms with Crippen LogP contribution in [0.4, 0.5) is 0 Å². The number of piperidine rings is 1. The second-order valence-electron chi connectivity index (χ2n) is 5.11. The molecule has 0 aliphatic carbocycles. The lowest BCUT2D eigenvalue weighted by Crippen LogP contribution is -2.46. The van der Waals surface area contributed by atoms with Crippen molar-refractivity contribution in [2.45, 2.75) is 38.1 Å². The summed E-state index contributed by atoms with van der Waals surface area (Å²) in [5.74, 6) is 0.274. The molecule has 18 heavy (non-hydrogen) atoms. The summed E-state index contributed by atoms with van der Waals surface area (Å²) in [6, 6.07) is 0.422. The average molecular weight is 255 g/mol. The minimum atomic E-state index is 0.0922. The fraction of sp³-hybridized carbons (Fsp3) is 0.846. The van der Waals surface area contributed by atoms with Crippen LogP contribution in [0.1, 0.15) is 32.1 Å². The Morgan fingerprint density at radius 3 is 2.67 bits per heavy atom. The van der Waals surface area contributed by atoms with Crippen LogP contribution in [0.5, 0.6) is 0 Å². The summed E-state index contributed by atoms with van der Waals surface area (Å²) in [7, 11) is 5.42. The van der Waals surface area contributed by atoms with Crippen molar-refractivity contribution in [3.8, 4) is 0 Å². The Kier molecular flexibility index (Phi) is 6.12. The number of rotatable bonds is 5. The molecular formula is C13H25N3O2. The molecule has 1 fully saturated rings. The Hall–Kier alpha value is -1.10. The van der Waals surface area contributed by atoms with Crippen LogP contribution in [0, 0.1) is 0 Å². The Morgan fingerprint density at radius 1 is 1.33 bits per heavy atom. The molecule has 1 saturated heterocycles. The Balaban J connectivity index is 2.26. The van der Waals surface area contributed by atoms with Gasteiger partial charge in [0, 0.05) is 46.1 Å². The van der Waals surface area contributed by atoms with Gasteiger partial charge in [-0.05, 0) is 26.3 Å². The molecule has 1 N–H and O–H groups in total. The summed E-state index contributed by atoms with van der Waals surface area (Å²) in [5, 5.41) is 3.22. The molecule has 2 amide bonds. The SMILES string of the molecule is CNC1CCCN(C(=O)CCCC(=O)N(C)C)C1. The van der Waals surface area contributed by atoms with Crippen molar-refractivity contribution in [3.05, 3.63) is 0 Å². The molecule has 1 heterocycles. The second kappa shape index (κ2) is 7.36. The quantitative estimate of drug-likeness (QED) is 0.776. The maximum Gasteiger partial charge on any atom is 0.222 e. The van der Waals surface area contributed by atoms with Crippen LogP contribution in [0.25, 0.3) is 0 Å². The van der Waals surface area contributed by atoms with Gasteiger partial charge >= 0.3 is 0 Å². The normalized spacial score (nSPS) is 19.7. The fourth-order valence-electron chi connectivity index (χ4n) is 2.21. The second-order valence-corrected chi connectivity index (χ2v) is 5.11. The average Bonchev–Trinajstić information content (AvgIpc) is 2.38. The molecule has 0 aromatic heterocycles. The number of hydrogen-bond donors (Lipinski definition) is 1. The van der Waals surface area contributed by atoms with Crippen LogP contribution < -0.4 is 5.32 Å². The minimum absolute atomic E-state index is 0.0922. The smallest absolute Gasteiger partial charge is 0.222 e. The summed E-state index contributed by atoms with van der Waals surface area (Å²) < 4.78 is 0. The van der Waals surface area contributed by atoms with Gasteiger partial charge in [0.25, 0.3) is 0 Å². The summed E-state index contributed by atoms with van der Waals surface area (Å²) in [5.41, 5.74) is 0. The van der Waals surface area contributed by atoms with E-state index in [4.69, 9.17) is 0 Å². The maximum absolute atomic E-state index is 12.0. The van der Waals surface area contributed by atoms with Gasteiger partial charge in [-0.25, -0.2) is 0 Å². The van der Waals surface area contributed by atoms with Gasteiger partial charge in [-0.2, -0.15) is 0 Å². The Labute approximate surface area is 110 Å². The van der Waals surface area contributed by atoms with Crippen molar-refractivity contribution in [2.24, 2.45) is 0 Å². The third kappa shape index (κ3) is 4.64. The van der Waals surface area contributed by atoms with Crippen LogP contribution in [-0.2, 0) is 9.59 Å². The number of likely N-dealkylation sites (N-methyl/N-ethyl adjacent to an activating group) is 1. The summed E-state index contributed by atoms with van der Waals surface area (Å²) in [6.45, 7) is 1.66. The molecule has 0 aromatic carbocycles. The highest BCUT2D eigenvalue weighted by molar-refractivity contribution is 5.78.